The van der Waals surface area contributed by atoms with Crippen LogP contribution in [0.1, 0.15) is 45.4 Å². The fourth-order valence-electron chi connectivity index (χ4n) is 3.06. The summed E-state index contributed by atoms with van der Waals surface area (Å²) in [5.74, 6) is 2.63. The predicted octanol–water partition coefficient (Wildman–Crippen LogP) is 1.98. The summed E-state index contributed by atoms with van der Waals surface area (Å²) in [5, 5.41) is 0. The Hall–Kier alpha value is -0.730. The smallest absolute Gasteiger partial charge is 0.191 e. The van der Waals surface area contributed by atoms with E-state index in [-0.39, 0.29) is 5.54 Å². The lowest BCUT2D eigenvalue weighted by Crippen LogP contribution is -2.51. The molecule has 0 saturated heterocycles. The number of hydrogen-bond donors (Lipinski definition) is 1. The van der Waals surface area contributed by atoms with Crippen LogP contribution < -0.4 is 5.73 Å². The van der Waals surface area contributed by atoms with E-state index in [0.29, 0.717) is 0 Å². The third-order valence-electron chi connectivity index (χ3n) is 4.60. The van der Waals surface area contributed by atoms with Crippen LogP contribution in [-0.4, -0.2) is 29.5 Å². The van der Waals surface area contributed by atoms with Crippen molar-refractivity contribution in [3.63, 3.8) is 0 Å². The van der Waals surface area contributed by atoms with Crippen molar-refractivity contribution in [3.05, 3.63) is 0 Å². The van der Waals surface area contributed by atoms with Crippen molar-refractivity contribution in [3.8, 4) is 0 Å². The van der Waals surface area contributed by atoms with Gasteiger partial charge in [-0.05, 0) is 38.0 Å². The Morgan fingerprint density at radius 3 is 2.62 bits per heavy atom. The quantitative estimate of drug-likeness (QED) is 0.788. The van der Waals surface area contributed by atoms with Gasteiger partial charge in [0.05, 0.1) is 12.1 Å². The van der Waals surface area contributed by atoms with Gasteiger partial charge in [0.15, 0.2) is 5.96 Å². The average Bonchev–Trinajstić information content (AvgIpc) is 2.96. The van der Waals surface area contributed by atoms with Gasteiger partial charge in [-0.3, -0.25) is 4.99 Å². The molecule has 0 aromatic heterocycles. The molecule has 2 N–H and O–H groups in total. The molecule has 0 aromatic rings. The predicted molar refractivity (Wildman–Crippen MR) is 66.3 cm³/mol. The van der Waals surface area contributed by atoms with E-state index in [9.17, 15) is 0 Å². The zero-order valence-electron chi connectivity index (χ0n) is 10.3. The molecule has 3 heteroatoms. The molecule has 3 rings (SSSR count). The SMILES string of the molecule is CC1(CC2CCC2)CN=C(N)N1CC1CC1. The highest BCUT2D eigenvalue weighted by atomic mass is 15.4. The molecule has 16 heavy (non-hydrogen) atoms. The van der Waals surface area contributed by atoms with Crippen LogP contribution in [0.5, 0.6) is 0 Å². The van der Waals surface area contributed by atoms with Crippen molar-refractivity contribution < 1.29 is 0 Å². The van der Waals surface area contributed by atoms with E-state index in [1.165, 1.54) is 38.5 Å². The van der Waals surface area contributed by atoms with Crippen LogP contribution in [0.25, 0.3) is 0 Å². The molecule has 2 fully saturated rings. The summed E-state index contributed by atoms with van der Waals surface area (Å²) < 4.78 is 0. The molecule has 3 nitrogen and oxygen atoms in total. The van der Waals surface area contributed by atoms with Crippen molar-refractivity contribution in [2.45, 2.75) is 51.0 Å². The Kier molecular flexibility index (Phi) is 2.37. The number of nitrogens with two attached hydrogens (primary N) is 1. The minimum atomic E-state index is 0.234. The Bertz CT molecular complexity index is 304. The molecule has 0 bridgehead atoms. The van der Waals surface area contributed by atoms with E-state index in [1.54, 1.807) is 0 Å². The minimum Gasteiger partial charge on any atom is -0.370 e. The van der Waals surface area contributed by atoms with Crippen molar-refractivity contribution >= 4 is 5.96 Å². The molecule has 0 radical (unpaired) electrons. The van der Waals surface area contributed by atoms with Crippen LogP contribution >= 0.6 is 0 Å². The maximum absolute atomic E-state index is 6.04. The molecule has 1 heterocycles. The maximum atomic E-state index is 6.04. The van der Waals surface area contributed by atoms with Crippen LogP contribution in [0.2, 0.25) is 0 Å². The third kappa shape index (κ3) is 1.80. The molecule has 2 aliphatic carbocycles. The number of guanidine groups is 1. The lowest BCUT2D eigenvalue weighted by Gasteiger charge is -2.41. The molecule has 0 spiro atoms. The van der Waals surface area contributed by atoms with Crippen LogP contribution in [-0.2, 0) is 0 Å². The number of nitrogens with zero attached hydrogens (tertiary/aromatic N) is 2. The lowest BCUT2D eigenvalue weighted by molar-refractivity contribution is 0.139. The molecule has 90 valence electrons. The van der Waals surface area contributed by atoms with E-state index < -0.39 is 0 Å². The first-order valence-electron chi connectivity index (χ1n) is 6.75. The molecule has 2 saturated carbocycles. The van der Waals surface area contributed by atoms with E-state index in [4.69, 9.17) is 5.73 Å². The molecule has 0 aromatic carbocycles. The van der Waals surface area contributed by atoms with Crippen LogP contribution in [0.3, 0.4) is 0 Å². The molecular weight excluding hydrogens is 198 g/mol. The molecule has 0 amide bonds. The summed E-state index contributed by atoms with van der Waals surface area (Å²) in [6.07, 6.45) is 8.36. The Morgan fingerprint density at radius 2 is 2.06 bits per heavy atom. The fourth-order valence-corrected chi connectivity index (χ4v) is 3.06. The van der Waals surface area contributed by atoms with Gasteiger partial charge in [-0.1, -0.05) is 19.3 Å². The van der Waals surface area contributed by atoms with Gasteiger partial charge in [-0.25, -0.2) is 0 Å². The highest BCUT2D eigenvalue weighted by Crippen LogP contribution is 2.40. The molecular formula is C13H23N3. The topological polar surface area (TPSA) is 41.6 Å². The second-order valence-electron chi connectivity index (χ2n) is 6.23. The monoisotopic (exact) mass is 221 g/mol. The average molecular weight is 221 g/mol. The highest BCUT2D eigenvalue weighted by Gasteiger charge is 2.42. The van der Waals surface area contributed by atoms with E-state index in [1.807, 2.05) is 0 Å². The van der Waals surface area contributed by atoms with E-state index in [0.717, 1.165) is 30.9 Å². The molecule has 3 aliphatic rings. The Balaban J connectivity index is 1.66. The number of rotatable bonds is 4. The zero-order chi connectivity index (χ0) is 11.2. The summed E-state index contributed by atoms with van der Waals surface area (Å²) in [7, 11) is 0. The normalized spacial score (nSPS) is 35.1. The number of hydrogen-bond acceptors (Lipinski definition) is 3. The van der Waals surface area contributed by atoms with Crippen LogP contribution in [0.15, 0.2) is 4.99 Å². The first-order chi connectivity index (χ1) is 7.67. The third-order valence-corrected chi connectivity index (χ3v) is 4.60. The van der Waals surface area contributed by atoms with E-state index in [2.05, 4.69) is 16.8 Å². The first kappa shape index (κ1) is 10.4. The van der Waals surface area contributed by atoms with Gasteiger partial charge >= 0.3 is 0 Å². The van der Waals surface area contributed by atoms with Crippen LogP contribution in [0.4, 0.5) is 0 Å². The summed E-state index contributed by atoms with van der Waals surface area (Å²) in [4.78, 5) is 6.89. The van der Waals surface area contributed by atoms with Gasteiger partial charge in [-0.2, -0.15) is 0 Å². The second kappa shape index (κ2) is 3.64. The highest BCUT2D eigenvalue weighted by molar-refractivity contribution is 5.81. The standard InChI is InChI=1S/C13H23N3/c1-13(7-10-3-2-4-10)9-15-12(14)16(13)8-11-5-6-11/h10-11H,2-9H2,1H3,(H2,14,15). The van der Waals surface area contributed by atoms with Gasteiger partial charge in [-0.15, -0.1) is 0 Å². The Morgan fingerprint density at radius 1 is 1.31 bits per heavy atom. The molecule has 1 aliphatic heterocycles. The summed E-state index contributed by atoms with van der Waals surface area (Å²) >= 11 is 0. The summed E-state index contributed by atoms with van der Waals surface area (Å²) in [6.45, 7) is 4.43. The molecule has 1 atom stereocenters. The minimum absolute atomic E-state index is 0.234. The van der Waals surface area contributed by atoms with Gasteiger partial charge in [0.25, 0.3) is 0 Å². The maximum Gasteiger partial charge on any atom is 0.191 e. The van der Waals surface area contributed by atoms with E-state index >= 15 is 0 Å². The summed E-state index contributed by atoms with van der Waals surface area (Å²) in [5.41, 5.74) is 6.28. The fraction of sp³-hybridized carbons (Fsp3) is 0.923. The zero-order valence-corrected chi connectivity index (χ0v) is 10.3. The summed E-state index contributed by atoms with van der Waals surface area (Å²) in [6, 6.07) is 0. The van der Waals surface area contributed by atoms with Crippen molar-refractivity contribution in [2.75, 3.05) is 13.1 Å². The second-order valence-corrected chi connectivity index (χ2v) is 6.23. The van der Waals surface area contributed by atoms with Crippen LogP contribution in [0, 0.1) is 11.8 Å². The first-order valence-corrected chi connectivity index (χ1v) is 6.75. The van der Waals surface area contributed by atoms with Gasteiger partial charge in [0.2, 0.25) is 0 Å². The molecule has 1 unspecified atom stereocenters. The largest absolute Gasteiger partial charge is 0.370 e. The lowest BCUT2D eigenvalue weighted by atomic mass is 9.76. The van der Waals surface area contributed by atoms with Gasteiger partial charge in [0, 0.05) is 6.54 Å². The van der Waals surface area contributed by atoms with Gasteiger partial charge < -0.3 is 10.6 Å². The van der Waals surface area contributed by atoms with Crippen molar-refractivity contribution in [1.29, 1.82) is 0 Å². The van der Waals surface area contributed by atoms with Gasteiger partial charge in [0.1, 0.15) is 0 Å². The number of aliphatic imine (C=N–C) groups is 1. The Labute approximate surface area is 98.1 Å². The van der Waals surface area contributed by atoms with Crippen molar-refractivity contribution in [2.24, 2.45) is 22.6 Å². The van der Waals surface area contributed by atoms with Crippen molar-refractivity contribution in [1.82, 2.24) is 4.90 Å².